The van der Waals surface area contributed by atoms with E-state index in [1.807, 2.05) is 32.3 Å². The van der Waals surface area contributed by atoms with Crippen LogP contribution in [0.25, 0.3) is 0 Å². The molecule has 0 aliphatic rings. The van der Waals surface area contributed by atoms with E-state index in [0.29, 0.717) is 11.4 Å². The van der Waals surface area contributed by atoms with Crippen molar-refractivity contribution in [2.24, 2.45) is 0 Å². The van der Waals surface area contributed by atoms with Crippen LogP contribution in [0.3, 0.4) is 0 Å². The Labute approximate surface area is 96.8 Å². The van der Waals surface area contributed by atoms with E-state index in [1.165, 1.54) is 0 Å². The summed E-state index contributed by atoms with van der Waals surface area (Å²) in [6.07, 6.45) is 2.72. The van der Waals surface area contributed by atoms with Crippen LogP contribution in [0.15, 0.2) is 12.3 Å². The van der Waals surface area contributed by atoms with Crippen molar-refractivity contribution in [2.75, 3.05) is 5.73 Å². The Kier molecular flexibility index (Phi) is 3.99. The highest BCUT2D eigenvalue weighted by Crippen LogP contribution is 2.16. The first kappa shape index (κ1) is 12.6. The monoisotopic (exact) mass is 223 g/mol. The second-order valence-corrected chi connectivity index (χ2v) is 4.44. The first-order chi connectivity index (χ1) is 7.45. The maximum atomic E-state index is 12.0. The van der Waals surface area contributed by atoms with Gasteiger partial charge in [-0.3, -0.25) is 4.79 Å². The Morgan fingerprint density at radius 1 is 1.50 bits per heavy atom. The lowest BCUT2D eigenvalue weighted by atomic mass is 10.2. The van der Waals surface area contributed by atoms with Crippen LogP contribution in [0.5, 0.6) is 0 Å². The van der Waals surface area contributed by atoms with Crippen LogP contribution in [0.1, 0.15) is 50.6 Å². The molecule has 3 N–H and O–H groups in total. The molecule has 16 heavy (non-hydrogen) atoms. The number of hydrogen-bond donors (Lipinski definition) is 2. The molecular formula is C12H21N3O. The summed E-state index contributed by atoms with van der Waals surface area (Å²) in [4.78, 5) is 12.0. The first-order valence-electron chi connectivity index (χ1n) is 5.73. The van der Waals surface area contributed by atoms with Crippen LogP contribution in [-0.2, 0) is 0 Å². The molecule has 1 heterocycles. The summed E-state index contributed by atoms with van der Waals surface area (Å²) < 4.78 is 1.90. The minimum Gasteiger partial charge on any atom is -0.397 e. The molecule has 0 bridgehead atoms. The molecule has 1 atom stereocenters. The zero-order chi connectivity index (χ0) is 12.3. The van der Waals surface area contributed by atoms with Gasteiger partial charge in [-0.1, -0.05) is 6.92 Å². The average Bonchev–Trinajstić information content (AvgIpc) is 2.60. The standard InChI is InChI=1S/C12H21N3O/c1-5-9(4)14-12(16)11-6-10(13)7-15(11)8(2)3/h6-9H,5,13H2,1-4H3,(H,14,16). The Balaban J connectivity index is 2.90. The topological polar surface area (TPSA) is 60.1 Å². The highest BCUT2D eigenvalue weighted by molar-refractivity contribution is 5.94. The zero-order valence-corrected chi connectivity index (χ0v) is 10.4. The van der Waals surface area contributed by atoms with Crippen LogP contribution in [-0.4, -0.2) is 16.5 Å². The first-order valence-corrected chi connectivity index (χ1v) is 5.73. The second-order valence-electron chi connectivity index (χ2n) is 4.44. The molecule has 1 aromatic heterocycles. The minimum atomic E-state index is -0.0558. The predicted octanol–water partition coefficient (Wildman–Crippen LogP) is 2.18. The van der Waals surface area contributed by atoms with Crippen LogP contribution < -0.4 is 11.1 Å². The van der Waals surface area contributed by atoms with Gasteiger partial charge in [-0.05, 0) is 33.3 Å². The summed E-state index contributed by atoms with van der Waals surface area (Å²) in [5.41, 5.74) is 6.98. The van der Waals surface area contributed by atoms with E-state index in [1.54, 1.807) is 12.3 Å². The van der Waals surface area contributed by atoms with Crippen LogP contribution >= 0.6 is 0 Å². The molecule has 1 rings (SSSR count). The van der Waals surface area contributed by atoms with Crippen molar-refractivity contribution in [3.05, 3.63) is 18.0 Å². The molecule has 0 fully saturated rings. The molecule has 0 radical (unpaired) electrons. The Hall–Kier alpha value is -1.45. The van der Waals surface area contributed by atoms with Gasteiger partial charge in [-0.2, -0.15) is 0 Å². The minimum absolute atomic E-state index is 0.0558. The van der Waals surface area contributed by atoms with Gasteiger partial charge in [0.05, 0.1) is 5.69 Å². The average molecular weight is 223 g/mol. The maximum absolute atomic E-state index is 12.0. The number of carbonyl (C=O) groups excluding carboxylic acids is 1. The highest BCUT2D eigenvalue weighted by Gasteiger charge is 2.15. The fraction of sp³-hybridized carbons (Fsp3) is 0.583. The van der Waals surface area contributed by atoms with Gasteiger partial charge in [0.15, 0.2) is 0 Å². The number of amides is 1. The SMILES string of the molecule is CCC(C)NC(=O)c1cc(N)cn1C(C)C. The van der Waals surface area contributed by atoms with Gasteiger partial charge in [0.25, 0.3) is 5.91 Å². The number of nitrogen functional groups attached to an aromatic ring is 1. The van der Waals surface area contributed by atoms with Crippen molar-refractivity contribution in [2.45, 2.75) is 46.2 Å². The molecular weight excluding hydrogens is 202 g/mol. The lowest BCUT2D eigenvalue weighted by Crippen LogP contribution is -2.33. The largest absolute Gasteiger partial charge is 0.397 e. The maximum Gasteiger partial charge on any atom is 0.268 e. The lowest BCUT2D eigenvalue weighted by Gasteiger charge is -2.15. The van der Waals surface area contributed by atoms with Crippen LogP contribution in [0.4, 0.5) is 5.69 Å². The molecule has 4 heteroatoms. The van der Waals surface area contributed by atoms with Gasteiger partial charge in [0.2, 0.25) is 0 Å². The van der Waals surface area contributed by atoms with Crippen molar-refractivity contribution in [3.63, 3.8) is 0 Å². The molecule has 0 aliphatic heterocycles. The number of hydrogen-bond acceptors (Lipinski definition) is 2. The van der Waals surface area contributed by atoms with E-state index in [9.17, 15) is 4.79 Å². The number of nitrogens with one attached hydrogen (secondary N) is 1. The van der Waals surface area contributed by atoms with E-state index in [4.69, 9.17) is 5.73 Å². The van der Waals surface area contributed by atoms with Crippen molar-refractivity contribution >= 4 is 11.6 Å². The van der Waals surface area contributed by atoms with Gasteiger partial charge < -0.3 is 15.6 Å². The van der Waals surface area contributed by atoms with E-state index in [2.05, 4.69) is 5.32 Å². The molecule has 0 saturated carbocycles. The van der Waals surface area contributed by atoms with Gasteiger partial charge in [0.1, 0.15) is 5.69 Å². The molecule has 0 aromatic carbocycles. The number of aromatic nitrogens is 1. The summed E-state index contributed by atoms with van der Waals surface area (Å²) in [5, 5.41) is 2.94. The molecule has 1 aromatic rings. The van der Waals surface area contributed by atoms with E-state index < -0.39 is 0 Å². The van der Waals surface area contributed by atoms with Crippen molar-refractivity contribution in [1.29, 1.82) is 0 Å². The summed E-state index contributed by atoms with van der Waals surface area (Å²) >= 11 is 0. The summed E-state index contributed by atoms with van der Waals surface area (Å²) in [7, 11) is 0. The second kappa shape index (κ2) is 5.05. The quantitative estimate of drug-likeness (QED) is 0.822. The summed E-state index contributed by atoms with van der Waals surface area (Å²) in [5.74, 6) is -0.0558. The molecule has 0 spiro atoms. The number of anilines is 1. The molecule has 1 amide bonds. The van der Waals surface area contributed by atoms with Gasteiger partial charge >= 0.3 is 0 Å². The normalized spacial score (nSPS) is 12.8. The summed E-state index contributed by atoms with van der Waals surface area (Å²) in [6, 6.07) is 2.14. The fourth-order valence-electron chi connectivity index (χ4n) is 1.51. The number of carbonyl (C=O) groups is 1. The lowest BCUT2D eigenvalue weighted by molar-refractivity contribution is 0.0928. The van der Waals surface area contributed by atoms with Crippen molar-refractivity contribution in [1.82, 2.24) is 9.88 Å². The molecule has 0 aliphatic carbocycles. The van der Waals surface area contributed by atoms with E-state index >= 15 is 0 Å². The number of nitrogens with two attached hydrogens (primary N) is 1. The number of rotatable bonds is 4. The Morgan fingerprint density at radius 3 is 2.62 bits per heavy atom. The molecule has 0 saturated heterocycles. The third-order valence-electron chi connectivity index (χ3n) is 2.65. The smallest absolute Gasteiger partial charge is 0.268 e. The summed E-state index contributed by atoms with van der Waals surface area (Å²) in [6.45, 7) is 8.09. The Bertz CT molecular complexity index is 368. The van der Waals surface area contributed by atoms with Crippen molar-refractivity contribution in [3.8, 4) is 0 Å². The predicted molar refractivity (Wildman–Crippen MR) is 66.4 cm³/mol. The Morgan fingerprint density at radius 2 is 2.12 bits per heavy atom. The fourth-order valence-corrected chi connectivity index (χ4v) is 1.51. The van der Waals surface area contributed by atoms with Gasteiger partial charge in [0, 0.05) is 18.3 Å². The van der Waals surface area contributed by atoms with E-state index in [-0.39, 0.29) is 18.0 Å². The molecule has 90 valence electrons. The van der Waals surface area contributed by atoms with Crippen LogP contribution in [0.2, 0.25) is 0 Å². The molecule has 4 nitrogen and oxygen atoms in total. The van der Waals surface area contributed by atoms with Crippen molar-refractivity contribution < 1.29 is 4.79 Å². The third kappa shape index (κ3) is 2.78. The van der Waals surface area contributed by atoms with Gasteiger partial charge in [-0.15, -0.1) is 0 Å². The van der Waals surface area contributed by atoms with E-state index in [0.717, 1.165) is 6.42 Å². The highest BCUT2D eigenvalue weighted by atomic mass is 16.2. The molecule has 1 unspecified atom stereocenters. The van der Waals surface area contributed by atoms with Crippen LogP contribution in [0, 0.1) is 0 Å². The van der Waals surface area contributed by atoms with Gasteiger partial charge in [-0.25, -0.2) is 0 Å². The number of nitrogens with zero attached hydrogens (tertiary/aromatic N) is 1. The zero-order valence-electron chi connectivity index (χ0n) is 10.4. The third-order valence-corrected chi connectivity index (χ3v) is 2.65.